The van der Waals surface area contributed by atoms with E-state index < -0.39 is 18.5 Å². The Morgan fingerprint density at radius 3 is 1.88 bits per heavy atom. The van der Waals surface area contributed by atoms with Crippen molar-refractivity contribution in [2.24, 2.45) is 0 Å². The van der Waals surface area contributed by atoms with Crippen LogP contribution in [0.2, 0.25) is 0 Å². The molecule has 0 atom stereocenters. The number of amides is 1. The number of nitrogens with zero attached hydrogens (tertiary/aromatic N) is 2. The number of rotatable bonds is 8. The first-order valence-electron chi connectivity index (χ1n) is 13.0. The van der Waals surface area contributed by atoms with Crippen molar-refractivity contribution in [2.75, 3.05) is 26.1 Å². The smallest absolute Gasteiger partial charge is 0.338 e. The van der Waals surface area contributed by atoms with Crippen LogP contribution in [0.1, 0.15) is 21.5 Å². The molecule has 0 aliphatic carbocycles. The maximum Gasteiger partial charge on any atom is 0.338 e. The molecular formula is C33H29N3O5. The van der Waals surface area contributed by atoms with Gasteiger partial charge in [0.1, 0.15) is 11.5 Å². The molecule has 5 rings (SSSR count). The molecular weight excluding hydrogens is 518 g/mol. The Bertz CT molecular complexity index is 1730. The fourth-order valence-corrected chi connectivity index (χ4v) is 4.35. The SMILES string of the molecule is COc1ccc(-c2nc3ccc(C(=O)OCC(=O)Nc4cc(C)ccc4C)cc3nc2-c2ccc(OC)cc2)cc1. The van der Waals surface area contributed by atoms with E-state index in [1.54, 1.807) is 32.4 Å². The first-order chi connectivity index (χ1) is 19.8. The van der Waals surface area contributed by atoms with Crippen molar-refractivity contribution in [3.05, 3.63) is 102 Å². The van der Waals surface area contributed by atoms with Gasteiger partial charge >= 0.3 is 5.97 Å². The lowest BCUT2D eigenvalue weighted by atomic mass is 10.0. The number of benzene rings is 4. The third-order valence-electron chi connectivity index (χ3n) is 6.63. The monoisotopic (exact) mass is 547 g/mol. The second-order valence-electron chi connectivity index (χ2n) is 9.52. The number of nitrogens with one attached hydrogen (secondary N) is 1. The fraction of sp³-hybridized carbons (Fsp3) is 0.152. The standard InChI is InChI=1S/C33H29N3O5/c1-20-5-6-21(2)28(17-20)34-30(37)19-41-33(38)24-11-16-27-29(18-24)36-32(23-9-14-26(40-4)15-10-23)31(35-27)22-7-12-25(39-3)13-8-22/h5-18H,19H2,1-4H3,(H,34,37). The minimum absolute atomic E-state index is 0.268. The van der Waals surface area contributed by atoms with Gasteiger partial charge in [0.2, 0.25) is 0 Å². The van der Waals surface area contributed by atoms with Gasteiger partial charge in [0.05, 0.1) is 42.2 Å². The third-order valence-corrected chi connectivity index (χ3v) is 6.63. The van der Waals surface area contributed by atoms with E-state index in [2.05, 4.69) is 5.32 Å². The molecule has 0 aliphatic heterocycles. The molecule has 8 nitrogen and oxygen atoms in total. The number of carbonyl (C=O) groups excluding carboxylic acids is 2. The zero-order valence-corrected chi connectivity index (χ0v) is 23.2. The number of hydrogen-bond acceptors (Lipinski definition) is 7. The van der Waals surface area contributed by atoms with Crippen molar-refractivity contribution in [3.63, 3.8) is 0 Å². The quantitative estimate of drug-likeness (QED) is 0.225. The highest BCUT2D eigenvalue weighted by atomic mass is 16.5. The predicted octanol–water partition coefficient (Wildman–Crippen LogP) is 6.39. The first kappa shape index (κ1) is 27.3. The third kappa shape index (κ3) is 6.17. The molecule has 4 aromatic carbocycles. The molecule has 0 saturated carbocycles. The normalized spacial score (nSPS) is 10.7. The number of carbonyl (C=O) groups is 2. The first-order valence-corrected chi connectivity index (χ1v) is 13.0. The van der Waals surface area contributed by atoms with E-state index in [-0.39, 0.29) is 5.56 Å². The van der Waals surface area contributed by atoms with Gasteiger partial charge in [-0.2, -0.15) is 0 Å². The molecule has 0 unspecified atom stereocenters. The summed E-state index contributed by atoms with van der Waals surface area (Å²) in [4.78, 5) is 35.1. The molecule has 8 heteroatoms. The van der Waals surface area contributed by atoms with Gasteiger partial charge in [0.15, 0.2) is 6.61 Å². The molecule has 1 amide bonds. The fourth-order valence-electron chi connectivity index (χ4n) is 4.35. The molecule has 1 aromatic heterocycles. The van der Waals surface area contributed by atoms with Gasteiger partial charge in [-0.3, -0.25) is 4.79 Å². The van der Waals surface area contributed by atoms with Gasteiger partial charge in [-0.15, -0.1) is 0 Å². The summed E-state index contributed by atoms with van der Waals surface area (Å²) in [5, 5.41) is 2.79. The molecule has 1 N–H and O–H groups in total. The Morgan fingerprint density at radius 1 is 0.707 bits per heavy atom. The van der Waals surface area contributed by atoms with E-state index >= 15 is 0 Å². The summed E-state index contributed by atoms with van der Waals surface area (Å²) >= 11 is 0. The van der Waals surface area contributed by atoms with Crippen LogP contribution in [0.15, 0.2) is 84.9 Å². The van der Waals surface area contributed by atoms with Crippen LogP contribution in [0.3, 0.4) is 0 Å². The van der Waals surface area contributed by atoms with E-state index in [0.29, 0.717) is 28.1 Å². The van der Waals surface area contributed by atoms with Crippen molar-refractivity contribution in [2.45, 2.75) is 13.8 Å². The predicted molar refractivity (Wildman–Crippen MR) is 158 cm³/mol. The lowest BCUT2D eigenvalue weighted by Crippen LogP contribution is -2.21. The maximum absolute atomic E-state index is 12.9. The Hall–Kier alpha value is -5.24. The van der Waals surface area contributed by atoms with E-state index in [4.69, 9.17) is 24.2 Å². The summed E-state index contributed by atoms with van der Waals surface area (Å²) in [7, 11) is 3.23. The Labute approximate surface area is 237 Å². The molecule has 0 spiro atoms. The second kappa shape index (κ2) is 11.9. The van der Waals surface area contributed by atoms with Crippen LogP contribution in [-0.2, 0) is 9.53 Å². The molecule has 0 saturated heterocycles. The van der Waals surface area contributed by atoms with Gasteiger partial charge in [-0.05, 0) is 97.8 Å². The minimum Gasteiger partial charge on any atom is -0.497 e. The van der Waals surface area contributed by atoms with Crippen LogP contribution in [0.4, 0.5) is 5.69 Å². The van der Waals surface area contributed by atoms with Gasteiger partial charge in [-0.1, -0.05) is 12.1 Å². The van der Waals surface area contributed by atoms with Crippen LogP contribution in [0.5, 0.6) is 11.5 Å². The second-order valence-corrected chi connectivity index (χ2v) is 9.52. The zero-order valence-electron chi connectivity index (χ0n) is 23.2. The largest absolute Gasteiger partial charge is 0.497 e. The number of anilines is 1. The lowest BCUT2D eigenvalue weighted by Gasteiger charge is -2.12. The number of fused-ring (bicyclic) bond motifs is 1. The number of aryl methyl sites for hydroxylation is 2. The van der Waals surface area contributed by atoms with Crippen LogP contribution in [-0.4, -0.2) is 42.7 Å². The van der Waals surface area contributed by atoms with Crippen LogP contribution >= 0.6 is 0 Å². The molecule has 41 heavy (non-hydrogen) atoms. The van der Waals surface area contributed by atoms with Crippen molar-refractivity contribution >= 4 is 28.6 Å². The number of esters is 1. The average Bonchev–Trinajstić information content (AvgIpc) is 3.00. The van der Waals surface area contributed by atoms with Crippen LogP contribution < -0.4 is 14.8 Å². The highest BCUT2D eigenvalue weighted by Crippen LogP contribution is 2.33. The molecule has 1 heterocycles. The number of methoxy groups -OCH3 is 2. The molecule has 0 fully saturated rings. The molecule has 206 valence electrons. The van der Waals surface area contributed by atoms with Crippen LogP contribution in [0, 0.1) is 13.8 Å². The van der Waals surface area contributed by atoms with Gasteiger partial charge in [0, 0.05) is 16.8 Å². The van der Waals surface area contributed by atoms with E-state index in [9.17, 15) is 9.59 Å². The number of aromatic nitrogens is 2. The topological polar surface area (TPSA) is 99.6 Å². The Kier molecular flexibility index (Phi) is 7.92. The van der Waals surface area contributed by atoms with Crippen molar-refractivity contribution in [1.29, 1.82) is 0 Å². The Balaban J connectivity index is 1.43. The zero-order chi connectivity index (χ0) is 28.9. The van der Waals surface area contributed by atoms with Gasteiger partial charge < -0.3 is 19.5 Å². The molecule has 0 aliphatic rings. The molecule has 5 aromatic rings. The molecule has 0 bridgehead atoms. The highest BCUT2D eigenvalue weighted by Gasteiger charge is 2.17. The van der Waals surface area contributed by atoms with E-state index in [1.807, 2.05) is 80.6 Å². The van der Waals surface area contributed by atoms with Gasteiger partial charge in [0.25, 0.3) is 5.91 Å². The number of hydrogen-bond donors (Lipinski definition) is 1. The maximum atomic E-state index is 12.9. The summed E-state index contributed by atoms with van der Waals surface area (Å²) in [6.07, 6.45) is 0. The van der Waals surface area contributed by atoms with E-state index in [1.165, 1.54) is 0 Å². The summed E-state index contributed by atoms with van der Waals surface area (Å²) in [6.45, 7) is 3.43. The number of ether oxygens (including phenoxy) is 3. The minimum atomic E-state index is -0.630. The molecule has 0 radical (unpaired) electrons. The highest BCUT2D eigenvalue weighted by molar-refractivity contribution is 5.98. The van der Waals surface area contributed by atoms with Crippen molar-refractivity contribution in [3.8, 4) is 34.0 Å². The summed E-state index contributed by atoms with van der Waals surface area (Å²) in [5.41, 5.74) is 7.04. The van der Waals surface area contributed by atoms with Crippen molar-refractivity contribution < 1.29 is 23.8 Å². The summed E-state index contributed by atoms with van der Waals surface area (Å²) < 4.78 is 15.9. The summed E-state index contributed by atoms with van der Waals surface area (Å²) in [6, 6.07) is 25.9. The van der Waals surface area contributed by atoms with Crippen LogP contribution in [0.25, 0.3) is 33.5 Å². The van der Waals surface area contributed by atoms with E-state index in [0.717, 1.165) is 33.8 Å². The summed E-state index contributed by atoms with van der Waals surface area (Å²) in [5.74, 6) is 0.410. The average molecular weight is 548 g/mol. The van der Waals surface area contributed by atoms with Gasteiger partial charge in [-0.25, -0.2) is 14.8 Å². The Morgan fingerprint density at radius 2 is 1.29 bits per heavy atom. The van der Waals surface area contributed by atoms with Crippen molar-refractivity contribution in [1.82, 2.24) is 9.97 Å². The lowest BCUT2D eigenvalue weighted by molar-refractivity contribution is -0.119.